The van der Waals surface area contributed by atoms with E-state index in [-0.39, 0.29) is 17.6 Å². The van der Waals surface area contributed by atoms with Crippen LogP contribution in [0.5, 0.6) is 11.5 Å². The van der Waals surface area contributed by atoms with Crippen molar-refractivity contribution in [3.63, 3.8) is 0 Å². The van der Waals surface area contributed by atoms with Gasteiger partial charge in [0, 0.05) is 16.4 Å². The first-order chi connectivity index (χ1) is 12.5. The van der Waals surface area contributed by atoms with E-state index in [0.717, 1.165) is 14.7 Å². The molecule has 7 heteroatoms. The van der Waals surface area contributed by atoms with E-state index in [4.69, 9.17) is 4.74 Å². The molecule has 2 aromatic carbocycles. The zero-order valence-corrected chi connectivity index (χ0v) is 16.3. The highest BCUT2D eigenvalue weighted by atomic mass is 127. The van der Waals surface area contributed by atoms with Crippen molar-refractivity contribution in [1.82, 2.24) is 10.6 Å². The van der Waals surface area contributed by atoms with Crippen LogP contribution in [0.4, 0.5) is 0 Å². The summed E-state index contributed by atoms with van der Waals surface area (Å²) in [6, 6.07) is 11.5. The third kappa shape index (κ3) is 4.27. The molecule has 1 aliphatic heterocycles. The number of rotatable bonds is 5. The van der Waals surface area contributed by atoms with E-state index in [0.29, 0.717) is 18.6 Å². The van der Waals surface area contributed by atoms with Gasteiger partial charge in [0.1, 0.15) is 12.1 Å². The van der Waals surface area contributed by atoms with E-state index in [2.05, 4.69) is 33.2 Å². The lowest BCUT2D eigenvalue weighted by molar-refractivity contribution is -0.136. The molecule has 2 aromatic rings. The summed E-state index contributed by atoms with van der Waals surface area (Å²) < 4.78 is 6.12. The van der Waals surface area contributed by atoms with Crippen molar-refractivity contribution in [2.45, 2.75) is 24.9 Å². The first-order valence-electron chi connectivity index (χ1n) is 8.17. The van der Waals surface area contributed by atoms with Gasteiger partial charge in [-0.1, -0.05) is 18.2 Å². The third-order valence-electron chi connectivity index (χ3n) is 4.30. The Morgan fingerprint density at radius 3 is 2.04 bits per heavy atom. The van der Waals surface area contributed by atoms with E-state index in [1.165, 1.54) is 13.2 Å². The van der Waals surface area contributed by atoms with Crippen molar-refractivity contribution in [1.29, 1.82) is 0 Å². The number of halogens is 1. The Balaban J connectivity index is 1.64. The molecule has 0 radical (unpaired) electrons. The van der Waals surface area contributed by atoms with Crippen LogP contribution in [0.1, 0.15) is 11.1 Å². The lowest BCUT2D eigenvalue weighted by Crippen LogP contribution is -2.62. The molecule has 1 heterocycles. The van der Waals surface area contributed by atoms with Crippen LogP contribution in [0.2, 0.25) is 0 Å². The summed E-state index contributed by atoms with van der Waals surface area (Å²) in [4.78, 5) is 24.8. The summed E-state index contributed by atoms with van der Waals surface area (Å²) in [6.45, 7) is 0. The van der Waals surface area contributed by atoms with Gasteiger partial charge in [-0.3, -0.25) is 9.59 Å². The van der Waals surface area contributed by atoms with Crippen molar-refractivity contribution in [3.05, 3.63) is 57.2 Å². The number of benzene rings is 2. The second-order valence-electron chi connectivity index (χ2n) is 6.16. The molecular weight excluding hydrogens is 447 g/mol. The maximum atomic E-state index is 12.4. The molecule has 0 aromatic heterocycles. The molecule has 26 heavy (non-hydrogen) atoms. The Hall–Kier alpha value is -2.29. The molecule has 0 unspecified atom stereocenters. The van der Waals surface area contributed by atoms with Crippen LogP contribution in [0.15, 0.2) is 42.5 Å². The molecule has 1 saturated heterocycles. The molecular formula is C19H19IN2O4. The van der Waals surface area contributed by atoms with E-state index < -0.39 is 12.1 Å². The largest absolute Gasteiger partial charge is 0.504 e. The topological polar surface area (TPSA) is 87.7 Å². The van der Waals surface area contributed by atoms with Crippen LogP contribution in [0, 0.1) is 3.57 Å². The second kappa shape index (κ2) is 7.94. The number of phenolic OH excluding ortho intramolecular Hbond substituents is 1. The SMILES string of the molecule is COc1ccc(C[C@@H]2NC(=O)[C@H](Cc3ccc(I)cc3)NC2=O)cc1O. The van der Waals surface area contributed by atoms with Gasteiger partial charge < -0.3 is 20.5 Å². The number of amides is 2. The molecule has 3 rings (SSSR count). The molecule has 1 fully saturated rings. The number of carbonyl (C=O) groups is 2. The molecule has 6 nitrogen and oxygen atoms in total. The Kier molecular flexibility index (Phi) is 5.65. The fourth-order valence-corrected chi connectivity index (χ4v) is 3.28. The van der Waals surface area contributed by atoms with Crippen LogP contribution in [-0.2, 0) is 22.4 Å². The van der Waals surface area contributed by atoms with Gasteiger partial charge in [0.05, 0.1) is 7.11 Å². The van der Waals surface area contributed by atoms with Crippen molar-refractivity contribution >= 4 is 34.4 Å². The highest BCUT2D eigenvalue weighted by Crippen LogP contribution is 2.27. The summed E-state index contributed by atoms with van der Waals surface area (Å²) in [5, 5.41) is 15.4. The van der Waals surface area contributed by atoms with E-state index >= 15 is 0 Å². The lowest BCUT2D eigenvalue weighted by atomic mass is 9.98. The number of nitrogens with one attached hydrogen (secondary N) is 2. The van der Waals surface area contributed by atoms with Gasteiger partial charge >= 0.3 is 0 Å². The highest BCUT2D eigenvalue weighted by molar-refractivity contribution is 14.1. The summed E-state index contributed by atoms with van der Waals surface area (Å²) in [6.07, 6.45) is 0.746. The summed E-state index contributed by atoms with van der Waals surface area (Å²) in [5.74, 6) is -0.0612. The minimum Gasteiger partial charge on any atom is -0.504 e. The smallest absolute Gasteiger partial charge is 0.243 e. The number of hydrogen-bond donors (Lipinski definition) is 3. The highest BCUT2D eigenvalue weighted by Gasteiger charge is 2.33. The monoisotopic (exact) mass is 466 g/mol. The van der Waals surface area contributed by atoms with Gasteiger partial charge in [-0.15, -0.1) is 0 Å². The Morgan fingerprint density at radius 2 is 1.50 bits per heavy atom. The maximum Gasteiger partial charge on any atom is 0.243 e. The molecule has 0 bridgehead atoms. The number of piperazine rings is 1. The van der Waals surface area contributed by atoms with E-state index in [1.54, 1.807) is 12.1 Å². The third-order valence-corrected chi connectivity index (χ3v) is 5.02. The number of aromatic hydroxyl groups is 1. The molecule has 2 amide bonds. The normalized spacial score (nSPS) is 19.6. The van der Waals surface area contributed by atoms with Crippen molar-refractivity contribution in [2.24, 2.45) is 0 Å². The van der Waals surface area contributed by atoms with E-state index in [9.17, 15) is 14.7 Å². The average molecular weight is 466 g/mol. The Morgan fingerprint density at radius 1 is 0.962 bits per heavy atom. The van der Waals surface area contributed by atoms with Crippen LogP contribution >= 0.6 is 22.6 Å². The number of methoxy groups -OCH3 is 1. The van der Waals surface area contributed by atoms with Gasteiger partial charge in [0.15, 0.2) is 11.5 Å². The molecule has 3 N–H and O–H groups in total. The van der Waals surface area contributed by atoms with Gasteiger partial charge in [-0.05, 0) is 58.0 Å². The fourth-order valence-electron chi connectivity index (χ4n) is 2.92. The zero-order valence-electron chi connectivity index (χ0n) is 14.2. The van der Waals surface area contributed by atoms with Crippen LogP contribution in [-0.4, -0.2) is 36.1 Å². The molecule has 0 spiro atoms. The lowest BCUT2D eigenvalue weighted by Gasteiger charge is -2.29. The molecule has 0 saturated carbocycles. The Labute approximate surface area is 165 Å². The molecule has 2 atom stereocenters. The quantitative estimate of drug-likeness (QED) is 0.587. The number of phenols is 1. The van der Waals surface area contributed by atoms with Gasteiger partial charge in [-0.25, -0.2) is 0 Å². The van der Waals surface area contributed by atoms with E-state index in [1.807, 2.05) is 24.3 Å². The van der Waals surface area contributed by atoms with Gasteiger partial charge in [0.25, 0.3) is 0 Å². The fraction of sp³-hybridized carbons (Fsp3) is 0.263. The van der Waals surface area contributed by atoms with Crippen molar-refractivity contribution in [2.75, 3.05) is 7.11 Å². The average Bonchev–Trinajstić information content (AvgIpc) is 2.61. The van der Waals surface area contributed by atoms with Gasteiger partial charge in [-0.2, -0.15) is 0 Å². The first-order valence-corrected chi connectivity index (χ1v) is 9.25. The summed E-state index contributed by atoms with van der Waals surface area (Å²) in [5.41, 5.74) is 1.73. The van der Waals surface area contributed by atoms with Crippen molar-refractivity contribution in [3.8, 4) is 11.5 Å². The van der Waals surface area contributed by atoms with Crippen LogP contribution < -0.4 is 15.4 Å². The minimum absolute atomic E-state index is 0.00382. The standard InChI is InChI=1S/C19H19IN2O4/c1-26-17-7-4-12(10-16(17)23)9-15-19(25)21-14(18(24)22-15)8-11-2-5-13(20)6-3-11/h2-7,10,14-15,23H,8-9H2,1H3,(H,21,25)(H,22,24)/t14-,15-/m0/s1. The molecule has 1 aliphatic rings. The summed E-state index contributed by atoms with van der Waals surface area (Å²) >= 11 is 2.22. The summed E-state index contributed by atoms with van der Waals surface area (Å²) in [7, 11) is 1.47. The van der Waals surface area contributed by atoms with Crippen LogP contribution in [0.25, 0.3) is 0 Å². The number of hydrogen-bond acceptors (Lipinski definition) is 4. The van der Waals surface area contributed by atoms with Gasteiger partial charge in [0.2, 0.25) is 11.8 Å². The van der Waals surface area contributed by atoms with Crippen molar-refractivity contribution < 1.29 is 19.4 Å². The predicted molar refractivity (Wildman–Crippen MR) is 105 cm³/mol. The first kappa shape index (κ1) is 18.5. The second-order valence-corrected chi connectivity index (χ2v) is 7.41. The minimum atomic E-state index is -0.664. The maximum absolute atomic E-state index is 12.4. The Bertz CT molecular complexity index is 823. The zero-order chi connectivity index (χ0) is 18.7. The number of ether oxygens (including phenoxy) is 1. The molecule has 0 aliphatic carbocycles. The number of carbonyl (C=O) groups excluding carboxylic acids is 2. The molecule has 136 valence electrons. The van der Waals surface area contributed by atoms with Crippen LogP contribution in [0.3, 0.4) is 0 Å². The predicted octanol–water partition coefficient (Wildman–Crippen LogP) is 1.77.